The first-order valence-corrected chi connectivity index (χ1v) is 10.7. The van der Waals surface area contributed by atoms with Gasteiger partial charge in [0.1, 0.15) is 5.75 Å². The highest BCUT2D eigenvalue weighted by Gasteiger charge is 2.19. The third kappa shape index (κ3) is 5.33. The maximum Gasteiger partial charge on any atom is 0.260 e. The lowest BCUT2D eigenvalue weighted by atomic mass is 9.98. The summed E-state index contributed by atoms with van der Waals surface area (Å²) < 4.78 is 28.4. The summed E-state index contributed by atoms with van der Waals surface area (Å²) in [6, 6.07) is 11.8. The van der Waals surface area contributed by atoms with Gasteiger partial charge in [-0.3, -0.25) is 4.79 Å². The molecule has 0 aliphatic carbocycles. The maximum absolute atomic E-state index is 12.5. The van der Waals surface area contributed by atoms with Crippen LogP contribution in [0.3, 0.4) is 0 Å². The number of rotatable bonds is 7. The fourth-order valence-electron chi connectivity index (χ4n) is 3.01. The Balaban J connectivity index is 2.01. The maximum atomic E-state index is 12.5. The fraction of sp³-hybridized carbons (Fsp3) is 0.381. The van der Waals surface area contributed by atoms with Gasteiger partial charge in [-0.25, -0.2) is 13.6 Å². The SMILES string of the molecule is Cc1cc(OCC(=O)N(C)C(C)c2ccc(S(N)(=O)=O)cc2)ccc1C(C)C. The van der Waals surface area contributed by atoms with Gasteiger partial charge in [0.2, 0.25) is 10.0 Å². The van der Waals surface area contributed by atoms with Crippen LogP contribution >= 0.6 is 0 Å². The summed E-state index contributed by atoms with van der Waals surface area (Å²) in [5, 5.41) is 5.11. The van der Waals surface area contributed by atoms with E-state index in [0.29, 0.717) is 11.7 Å². The Bertz CT molecular complexity index is 937. The van der Waals surface area contributed by atoms with Gasteiger partial charge in [0.25, 0.3) is 5.91 Å². The first kappa shape index (κ1) is 21.9. The molecule has 2 N–H and O–H groups in total. The molecule has 0 bridgehead atoms. The summed E-state index contributed by atoms with van der Waals surface area (Å²) in [6.45, 7) is 8.10. The third-order valence-electron chi connectivity index (χ3n) is 4.89. The number of nitrogens with two attached hydrogens (primary N) is 1. The molecular formula is C21H28N2O4S. The van der Waals surface area contributed by atoms with Gasteiger partial charge in [-0.1, -0.05) is 32.0 Å². The van der Waals surface area contributed by atoms with Gasteiger partial charge >= 0.3 is 0 Å². The molecule has 2 aromatic rings. The number of carbonyl (C=O) groups is 1. The number of benzene rings is 2. The highest BCUT2D eigenvalue weighted by molar-refractivity contribution is 7.89. The van der Waals surface area contributed by atoms with E-state index in [1.54, 1.807) is 24.1 Å². The van der Waals surface area contributed by atoms with Crippen LogP contribution in [0.2, 0.25) is 0 Å². The van der Waals surface area contributed by atoms with Gasteiger partial charge in [-0.05, 0) is 60.7 Å². The Hall–Kier alpha value is -2.38. The van der Waals surface area contributed by atoms with Crippen molar-refractivity contribution >= 4 is 15.9 Å². The van der Waals surface area contributed by atoms with Gasteiger partial charge in [0.15, 0.2) is 6.61 Å². The van der Waals surface area contributed by atoms with Crippen LogP contribution in [0.25, 0.3) is 0 Å². The summed E-state index contributed by atoms with van der Waals surface area (Å²) in [7, 11) is -2.04. The number of hydrogen-bond donors (Lipinski definition) is 1. The van der Waals surface area contributed by atoms with E-state index in [1.165, 1.54) is 17.7 Å². The molecule has 1 amide bonds. The van der Waals surface area contributed by atoms with E-state index < -0.39 is 10.0 Å². The summed E-state index contributed by atoms with van der Waals surface area (Å²) in [6.07, 6.45) is 0. The Labute approximate surface area is 167 Å². The van der Waals surface area contributed by atoms with Gasteiger partial charge in [0, 0.05) is 7.05 Å². The first-order valence-electron chi connectivity index (χ1n) is 9.12. The van der Waals surface area contributed by atoms with E-state index in [1.807, 2.05) is 32.0 Å². The van der Waals surface area contributed by atoms with E-state index in [2.05, 4.69) is 13.8 Å². The normalized spacial score (nSPS) is 12.7. The molecule has 0 heterocycles. The topological polar surface area (TPSA) is 89.7 Å². The van der Waals surface area contributed by atoms with Crippen molar-refractivity contribution in [3.8, 4) is 5.75 Å². The number of amides is 1. The molecule has 0 aliphatic rings. The summed E-state index contributed by atoms with van der Waals surface area (Å²) in [5.41, 5.74) is 3.20. The Kier molecular flexibility index (Phi) is 6.85. The Morgan fingerprint density at radius 2 is 1.71 bits per heavy atom. The van der Waals surface area contributed by atoms with Crippen LogP contribution in [0.4, 0.5) is 0 Å². The number of primary sulfonamides is 1. The minimum Gasteiger partial charge on any atom is -0.484 e. The molecule has 7 heteroatoms. The van der Waals surface area contributed by atoms with Gasteiger partial charge in [-0.2, -0.15) is 0 Å². The minimum absolute atomic E-state index is 0.0426. The number of hydrogen-bond acceptors (Lipinski definition) is 4. The lowest BCUT2D eigenvalue weighted by molar-refractivity contribution is -0.134. The molecule has 0 aliphatic heterocycles. The van der Waals surface area contributed by atoms with Crippen LogP contribution in [0.1, 0.15) is 49.4 Å². The predicted octanol–water partition coefficient (Wildman–Crippen LogP) is 3.36. The second-order valence-electron chi connectivity index (χ2n) is 7.26. The number of nitrogens with zero attached hydrogens (tertiary/aromatic N) is 1. The smallest absolute Gasteiger partial charge is 0.260 e. The zero-order valence-corrected chi connectivity index (χ0v) is 17.8. The van der Waals surface area contributed by atoms with E-state index in [4.69, 9.17) is 9.88 Å². The van der Waals surface area contributed by atoms with Crippen LogP contribution in [0.15, 0.2) is 47.4 Å². The highest BCUT2D eigenvalue weighted by atomic mass is 32.2. The molecular weight excluding hydrogens is 376 g/mol. The molecule has 28 heavy (non-hydrogen) atoms. The first-order chi connectivity index (χ1) is 13.0. The highest BCUT2D eigenvalue weighted by Crippen LogP contribution is 2.24. The molecule has 152 valence electrons. The lowest BCUT2D eigenvalue weighted by Crippen LogP contribution is -2.33. The van der Waals surface area contributed by atoms with Gasteiger partial charge in [-0.15, -0.1) is 0 Å². The van der Waals surface area contributed by atoms with Crippen molar-refractivity contribution in [1.29, 1.82) is 0 Å². The molecule has 6 nitrogen and oxygen atoms in total. The van der Waals surface area contributed by atoms with Crippen molar-refractivity contribution in [3.63, 3.8) is 0 Å². The number of ether oxygens (including phenoxy) is 1. The van der Waals surface area contributed by atoms with Crippen molar-refractivity contribution in [2.45, 2.75) is 44.6 Å². The third-order valence-corrected chi connectivity index (χ3v) is 5.82. The molecule has 1 unspecified atom stereocenters. The van der Waals surface area contributed by atoms with Crippen molar-refractivity contribution in [2.75, 3.05) is 13.7 Å². The van der Waals surface area contributed by atoms with Gasteiger partial charge < -0.3 is 9.64 Å². The number of aryl methyl sites for hydroxylation is 1. The molecule has 0 fully saturated rings. The summed E-state index contributed by atoms with van der Waals surface area (Å²) >= 11 is 0. The van der Waals surface area contributed by atoms with Crippen LogP contribution in [0.5, 0.6) is 5.75 Å². The van der Waals surface area contributed by atoms with E-state index >= 15 is 0 Å². The quantitative estimate of drug-likeness (QED) is 0.766. The molecule has 0 spiro atoms. The molecule has 1 atom stereocenters. The van der Waals surface area contributed by atoms with Crippen LogP contribution in [-0.4, -0.2) is 32.9 Å². The van der Waals surface area contributed by atoms with E-state index in [9.17, 15) is 13.2 Å². The minimum atomic E-state index is -3.73. The zero-order chi connectivity index (χ0) is 21.1. The number of carbonyl (C=O) groups excluding carboxylic acids is 1. The van der Waals surface area contributed by atoms with E-state index in [-0.39, 0.29) is 23.5 Å². The van der Waals surface area contributed by atoms with Crippen LogP contribution in [0, 0.1) is 6.92 Å². The van der Waals surface area contributed by atoms with E-state index in [0.717, 1.165) is 11.1 Å². The molecule has 0 saturated heterocycles. The lowest BCUT2D eigenvalue weighted by Gasteiger charge is -2.25. The second kappa shape index (κ2) is 8.75. The number of likely N-dealkylation sites (N-methyl/N-ethyl adjacent to an activating group) is 1. The molecule has 2 rings (SSSR count). The van der Waals surface area contributed by atoms with Crippen LogP contribution < -0.4 is 9.88 Å². The molecule has 0 aromatic heterocycles. The largest absolute Gasteiger partial charge is 0.484 e. The fourth-order valence-corrected chi connectivity index (χ4v) is 3.52. The summed E-state index contributed by atoms with van der Waals surface area (Å²) in [4.78, 5) is 14.1. The average molecular weight is 405 g/mol. The predicted molar refractivity (Wildman–Crippen MR) is 110 cm³/mol. The van der Waals surface area contributed by atoms with Crippen molar-refractivity contribution in [1.82, 2.24) is 4.90 Å². The van der Waals surface area contributed by atoms with Crippen LogP contribution in [-0.2, 0) is 14.8 Å². The molecule has 2 aromatic carbocycles. The number of sulfonamides is 1. The average Bonchev–Trinajstić information content (AvgIpc) is 2.64. The molecule has 0 radical (unpaired) electrons. The zero-order valence-electron chi connectivity index (χ0n) is 17.0. The Morgan fingerprint density at radius 3 is 2.21 bits per heavy atom. The van der Waals surface area contributed by atoms with Gasteiger partial charge in [0.05, 0.1) is 10.9 Å². The Morgan fingerprint density at radius 1 is 1.11 bits per heavy atom. The summed E-state index contributed by atoms with van der Waals surface area (Å²) in [5.74, 6) is 0.922. The molecule has 0 saturated carbocycles. The monoisotopic (exact) mass is 404 g/mol. The standard InChI is InChI=1S/C21H28N2O4S/c1-14(2)20-11-8-18(12-15(20)3)27-13-21(24)23(5)16(4)17-6-9-19(10-7-17)28(22,25)26/h6-12,14,16H,13H2,1-5H3,(H2,22,25,26). The van der Waals surface area contributed by atoms with Crippen molar-refractivity contribution < 1.29 is 17.9 Å². The van der Waals surface area contributed by atoms with Crippen molar-refractivity contribution in [2.24, 2.45) is 5.14 Å². The van der Waals surface area contributed by atoms with Crippen molar-refractivity contribution in [3.05, 3.63) is 59.2 Å². The second-order valence-corrected chi connectivity index (χ2v) is 8.82.